The van der Waals surface area contributed by atoms with Crippen LogP contribution in [-0.4, -0.2) is 51.4 Å². The van der Waals surface area contributed by atoms with E-state index in [1.165, 1.54) is 11.1 Å². The third kappa shape index (κ3) is 4.91. The summed E-state index contributed by atoms with van der Waals surface area (Å²) in [7, 11) is 0. The monoisotopic (exact) mass is 422 g/mol. The number of imidazole rings is 1. The summed E-state index contributed by atoms with van der Waals surface area (Å²) in [6.07, 6.45) is 4.27. The van der Waals surface area contributed by atoms with Crippen molar-refractivity contribution in [1.82, 2.24) is 19.4 Å². The van der Waals surface area contributed by atoms with Crippen molar-refractivity contribution in [3.8, 4) is 0 Å². The molecule has 2 aromatic carbocycles. The topological polar surface area (TPSA) is 41.4 Å². The molecule has 1 saturated heterocycles. The van der Waals surface area contributed by atoms with Crippen molar-refractivity contribution >= 4 is 17.5 Å². The van der Waals surface area contributed by atoms with Crippen LogP contribution >= 0.6 is 11.6 Å². The summed E-state index contributed by atoms with van der Waals surface area (Å²) in [6.45, 7) is 5.83. The summed E-state index contributed by atoms with van der Waals surface area (Å²) in [4.78, 5) is 21.4. The van der Waals surface area contributed by atoms with Gasteiger partial charge in [0.25, 0.3) is 0 Å². The van der Waals surface area contributed by atoms with E-state index in [1.807, 2.05) is 40.8 Å². The van der Waals surface area contributed by atoms with Crippen LogP contribution in [0.4, 0.5) is 0 Å². The molecule has 3 aromatic rings. The van der Waals surface area contributed by atoms with Crippen molar-refractivity contribution in [3.63, 3.8) is 0 Å². The molecule has 0 bridgehead atoms. The zero-order valence-electron chi connectivity index (χ0n) is 17.2. The average Bonchev–Trinajstić information content (AvgIpc) is 3.20. The molecule has 4 rings (SSSR count). The predicted molar refractivity (Wildman–Crippen MR) is 119 cm³/mol. The molecular weight excluding hydrogens is 396 g/mol. The Labute approximate surface area is 182 Å². The number of hydrogen-bond donors (Lipinski definition) is 0. The number of piperazine rings is 1. The number of rotatable bonds is 6. The Hall–Kier alpha value is -2.63. The molecule has 156 valence electrons. The molecule has 1 unspecified atom stereocenters. The molecule has 1 amide bonds. The fourth-order valence-electron chi connectivity index (χ4n) is 4.10. The van der Waals surface area contributed by atoms with Crippen LogP contribution in [-0.2, 0) is 11.3 Å². The molecule has 6 heteroatoms. The third-order valence-corrected chi connectivity index (χ3v) is 5.93. The molecule has 1 aromatic heterocycles. The number of halogens is 1. The Morgan fingerprint density at radius 2 is 1.67 bits per heavy atom. The van der Waals surface area contributed by atoms with Crippen molar-refractivity contribution in [2.24, 2.45) is 0 Å². The van der Waals surface area contributed by atoms with Crippen LogP contribution in [0.2, 0.25) is 5.02 Å². The fraction of sp³-hybridized carbons (Fsp3) is 0.333. The van der Waals surface area contributed by atoms with Gasteiger partial charge in [-0.1, -0.05) is 54.1 Å². The van der Waals surface area contributed by atoms with Crippen LogP contribution in [0.1, 0.15) is 29.3 Å². The smallest absolute Gasteiger partial charge is 0.224 e. The second kappa shape index (κ2) is 9.45. The second-order valence-electron chi connectivity index (χ2n) is 7.78. The predicted octanol–water partition coefficient (Wildman–Crippen LogP) is 4.17. The van der Waals surface area contributed by atoms with Crippen molar-refractivity contribution in [1.29, 1.82) is 0 Å². The molecule has 0 N–H and O–H groups in total. The molecular formula is C24H27ClN4O. The van der Waals surface area contributed by atoms with Gasteiger partial charge in [0.2, 0.25) is 5.91 Å². The number of hydrogen-bond acceptors (Lipinski definition) is 3. The Morgan fingerprint density at radius 3 is 2.30 bits per heavy atom. The molecule has 0 saturated carbocycles. The lowest BCUT2D eigenvalue weighted by Gasteiger charge is -2.40. The number of carbonyl (C=O) groups is 1. The van der Waals surface area contributed by atoms with Crippen molar-refractivity contribution in [2.45, 2.75) is 25.9 Å². The molecule has 30 heavy (non-hydrogen) atoms. The maximum Gasteiger partial charge on any atom is 0.224 e. The average molecular weight is 423 g/mol. The molecule has 1 aliphatic heterocycles. The van der Waals surface area contributed by atoms with Crippen LogP contribution in [0, 0.1) is 6.92 Å². The minimum Gasteiger partial charge on any atom is -0.340 e. The van der Waals surface area contributed by atoms with E-state index in [-0.39, 0.29) is 11.9 Å². The summed E-state index contributed by atoms with van der Waals surface area (Å²) in [5, 5.41) is 0.745. The largest absolute Gasteiger partial charge is 0.340 e. The minimum atomic E-state index is 0.162. The van der Waals surface area contributed by atoms with Gasteiger partial charge in [0.05, 0.1) is 18.1 Å². The lowest BCUT2D eigenvalue weighted by atomic mass is 9.96. The zero-order valence-corrected chi connectivity index (χ0v) is 18.0. The van der Waals surface area contributed by atoms with Gasteiger partial charge in [-0.15, -0.1) is 0 Å². The number of nitrogens with zero attached hydrogens (tertiary/aromatic N) is 4. The van der Waals surface area contributed by atoms with E-state index < -0.39 is 0 Å². The van der Waals surface area contributed by atoms with Gasteiger partial charge in [0.1, 0.15) is 0 Å². The molecule has 5 nitrogen and oxygen atoms in total. The molecule has 2 heterocycles. The molecule has 1 fully saturated rings. The zero-order chi connectivity index (χ0) is 20.9. The fourth-order valence-corrected chi connectivity index (χ4v) is 4.23. The van der Waals surface area contributed by atoms with E-state index in [9.17, 15) is 4.79 Å². The van der Waals surface area contributed by atoms with Crippen molar-refractivity contribution in [3.05, 3.63) is 89.0 Å². The van der Waals surface area contributed by atoms with E-state index in [4.69, 9.17) is 11.6 Å². The first kappa shape index (κ1) is 20.6. The lowest BCUT2D eigenvalue weighted by molar-refractivity contribution is -0.133. The molecule has 1 atom stereocenters. The van der Waals surface area contributed by atoms with E-state index >= 15 is 0 Å². The molecule has 0 spiro atoms. The van der Waals surface area contributed by atoms with Crippen LogP contribution in [0.5, 0.6) is 0 Å². The Kier molecular flexibility index (Phi) is 6.50. The first-order chi connectivity index (χ1) is 14.6. The van der Waals surface area contributed by atoms with Gasteiger partial charge in [0, 0.05) is 50.4 Å². The number of aryl methyl sites for hydroxylation is 2. The number of amides is 1. The quantitative estimate of drug-likeness (QED) is 0.598. The number of benzene rings is 2. The maximum absolute atomic E-state index is 12.7. The van der Waals surface area contributed by atoms with Crippen LogP contribution in [0.15, 0.2) is 67.1 Å². The van der Waals surface area contributed by atoms with Gasteiger partial charge in [-0.05, 0) is 30.2 Å². The molecule has 1 aliphatic rings. The second-order valence-corrected chi connectivity index (χ2v) is 8.22. The highest BCUT2D eigenvalue weighted by molar-refractivity contribution is 6.30. The Morgan fingerprint density at radius 1 is 1.00 bits per heavy atom. The SMILES string of the molecule is Cc1cn(CCC(=O)N2CCN(C(c3ccccc3)c3ccc(Cl)cc3)CC2)cn1. The summed E-state index contributed by atoms with van der Waals surface area (Å²) in [6, 6.07) is 18.8. The van der Waals surface area contributed by atoms with Gasteiger partial charge in [0.15, 0.2) is 0 Å². The molecule has 0 aliphatic carbocycles. The lowest BCUT2D eigenvalue weighted by Crippen LogP contribution is -2.50. The third-order valence-electron chi connectivity index (χ3n) is 5.68. The normalized spacial score (nSPS) is 15.9. The molecule has 0 radical (unpaired) electrons. The van der Waals surface area contributed by atoms with E-state index in [0.717, 1.165) is 36.9 Å². The van der Waals surface area contributed by atoms with Gasteiger partial charge >= 0.3 is 0 Å². The number of carbonyl (C=O) groups excluding carboxylic acids is 1. The summed E-state index contributed by atoms with van der Waals surface area (Å²) < 4.78 is 1.98. The van der Waals surface area contributed by atoms with Crippen molar-refractivity contribution in [2.75, 3.05) is 26.2 Å². The van der Waals surface area contributed by atoms with Crippen LogP contribution < -0.4 is 0 Å². The highest BCUT2D eigenvalue weighted by atomic mass is 35.5. The van der Waals surface area contributed by atoms with Gasteiger partial charge < -0.3 is 9.47 Å². The minimum absolute atomic E-state index is 0.162. The van der Waals surface area contributed by atoms with E-state index in [2.05, 4.69) is 46.3 Å². The standard InChI is InChI=1S/C24H27ClN4O/c1-19-17-27(18-26-19)12-11-23(30)28-13-15-29(16-14-28)24(20-5-3-2-4-6-20)21-7-9-22(25)10-8-21/h2-10,17-18,24H,11-16H2,1H3. The number of aromatic nitrogens is 2. The first-order valence-corrected chi connectivity index (χ1v) is 10.8. The highest BCUT2D eigenvalue weighted by Crippen LogP contribution is 2.30. The van der Waals surface area contributed by atoms with Crippen LogP contribution in [0.3, 0.4) is 0 Å². The van der Waals surface area contributed by atoms with E-state index in [1.54, 1.807) is 6.33 Å². The summed E-state index contributed by atoms with van der Waals surface area (Å²) >= 11 is 6.11. The highest BCUT2D eigenvalue weighted by Gasteiger charge is 2.28. The Bertz CT molecular complexity index is 962. The Balaban J connectivity index is 1.41. The maximum atomic E-state index is 12.7. The van der Waals surface area contributed by atoms with Gasteiger partial charge in [-0.3, -0.25) is 9.69 Å². The van der Waals surface area contributed by atoms with Crippen molar-refractivity contribution < 1.29 is 4.79 Å². The van der Waals surface area contributed by atoms with Gasteiger partial charge in [-0.2, -0.15) is 0 Å². The summed E-state index contributed by atoms with van der Waals surface area (Å²) in [5.74, 6) is 0.212. The van der Waals surface area contributed by atoms with Crippen LogP contribution in [0.25, 0.3) is 0 Å². The summed E-state index contributed by atoms with van der Waals surface area (Å²) in [5.41, 5.74) is 3.46. The van der Waals surface area contributed by atoms with Gasteiger partial charge in [-0.25, -0.2) is 4.98 Å². The first-order valence-electron chi connectivity index (χ1n) is 10.4. The van der Waals surface area contributed by atoms with E-state index in [0.29, 0.717) is 13.0 Å².